The normalized spacial score (nSPS) is 19.3. The maximum atomic E-state index is 12.0. The lowest BCUT2D eigenvalue weighted by atomic mass is 9.82. The molecule has 0 unspecified atom stereocenters. The molecule has 4 nitrogen and oxygen atoms in total. The molecule has 88 valence electrons. The van der Waals surface area contributed by atoms with Gasteiger partial charge in [0.2, 0.25) is 5.91 Å². The van der Waals surface area contributed by atoms with Gasteiger partial charge in [-0.05, 0) is 12.8 Å². The molecule has 1 saturated carbocycles. The van der Waals surface area contributed by atoms with Crippen LogP contribution < -0.4 is 11.1 Å². The minimum absolute atomic E-state index is 0.0133. The molecule has 1 aliphatic carbocycles. The molecule has 0 aromatic carbocycles. The summed E-state index contributed by atoms with van der Waals surface area (Å²) in [7, 11) is 0. The van der Waals surface area contributed by atoms with Crippen molar-refractivity contribution in [3.05, 3.63) is 16.6 Å². The largest absolute Gasteiger partial charge is 0.350 e. The average molecular weight is 239 g/mol. The number of carbonyl (C=O) groups is 1. The van der Waals surface area contributed by atoms with Crippen molar-refractivity contribution in [1.82, 2.24) is 10.3 Å². The summed E-state index contributed by atoms with van der Waals surface area (Å²) in [6.45, 7) is 0.544. The second-order valence-electron chi connectivity index (χ2n) is 4.37. The van der Waals surface area contributed by atoms with Crippen molar-refractivity contribution in [2.24, 2.45) is 5.73 Å². The Hall–Kier alpha value is -0.940. The lowest BCUT2D eigenvalue weighted by Crippen LogP contribution is -2.54. The van der Waals surface area contributed by atoms with E-state index in [0.717, 1.165) is 30.6 Å². The molecule has 0 radical (unpaired) electrons. The molecule has 5 heteroatoms. The number of amides is 1. The zero-order chi connectivity index (χ0) is 11.4. The highest BCUT2D eigenvalue weighted by atomic mass is 32.1. The van der Waals surface area contributed by atoms with Crippen LogP contribution in [-0.2, 0) is 11.3 Å². The fourth-order valence-corrected chi connectivity index (χ4v) is 2.62. The fraction of sp³-hybridized carbons (Fsp3) is 0.636. The lowest BCUT2D eigenvalue weighted by molar-refractivity contribution is -0.127. The van der Waals surface area contributed by atoms with E-state index < -0.39 is 5.54 Å². The van der Waals surface area contributed by atoms with Gasteiger partial charge in [-0.3, -0.25) is 9.78 Å². The fourth-order valence-electron chi connectivity index (χ4n) is 2.08. The van der Waals surface area contributed by atoms with E-state index in [1.165, 1.54) is 6.42 Å². The summed E-state index contributed by atoms with van der Waals surface area (Å²) in [6, 6.07) is 0. The summed E-state index contributed by atoms with van der Waals surface area (Å²) < 4.78 is 0. The van der Waals surface area contributed by atoms with E-state index in [0.29, 0.717) is 6.54 Å². The molecule has 3 N–H and O–H groups in total. The van der Waals surface area contributed by atoms with Crippen LogP contribution in [0.3, 0.4) is 0 Å². The van der Waals surface area contributed by atoms with Gasteiger partial charge >= 0.3 is 0 Å². The van der Waals surface area contributed by atoms with Crippen LogP contribution in [0.1, 0.15) is 37.0 Å². The SMILES string of the molecule is NC1(C(=O)NCc2cncs2)CCCCC1. The Balaban J connectivity index is 1.87. The van der Waals surface area contributed by atoms with Crippen molar-refractivity contribution in [1.29, 1.82) is 0 Å². The van der Waals surface area contributed by atoms with Gasteiger partial charge in [0.05, 0.1) is 17.6 Å². The first-order chi connectivity index (χ1) is 7.71. The average Bonchev–Trinajstić information content (AvgIpc) is 2.79. The van der Waals surface area contributed by atoms with Gasteiger partial charge in [0, 0.05) is 11.1 Å². The van der Waals surface area contributed by atoms with Gasteiger partial charge in [-0.15, -0.1) is 11.3 Å². The lowest BCUT2D eigenvalue weighted by Gasteiger charge is -2.31. The number of carbonyl (C=O) groups excluding carboxylic acids is 1. The van der Waals surface area contributed by atoms with Gasteiger partial charge < -0.3 is 11.1 Å². The maximum absolute atomic E-state index is 12.0. The quantitative estimate of drug-likeness (QED) is 0.838. The van der Waals surface area contributed by atoms with Crippen LogP contribution in [0.5, 0.6) is 0 Å². The van der Waals surface area contributed by atoms with Crippen molar-refractivity contribution in [3.8, 4) is 0 Å². The van der Waals surface area contributed by atoms with Gasteiger partial charge in [0.25, 0.3) is 0 Å². The van der Waals surface area contributed by atoms with Crippen LogP contribution in [0.2, 0.25) is 0 Å². The molecule has 1 fully saturated rings. The van der Waals surface area contributed by atoms with Crippen LogP contribution >= 0.6 is 11.3 Å². The highest BCUT2D eigenvalue weighted by Crippen LogP contribution is 2.26. The molecule has 16 heavy (non-hydrogen) atoms. The summed E-state index contributed by atoms with van der Waals surface area (Å²) in [5.74, 6) is -0.0133. The predicted molar refractivity (Wildman–Crippen MR) is 64.0 cm³/mol. The standard InChI is InChI=1S/C11H17N3OS/c12-11(4-2-1-3-5-11)10(15)14-7-9-6-13-8-16-9/h6,8H,1-5,7,12H2,(H,14,15). The Morgan fingerprint density at radius 1 is 1.50 bits per heavy atom. The number of thiazole rings is 1. The summed E-state index contributed by atoms with van der Waals surface area (Å²) in [6.07, 6.45) is 6.70. The Labute approximate surface area is 99.3 Å². The summed E-state index contributed by atoms with van der Waals surface area (Å²) >= 11 is 1.54. The molecule has 1 heterocycles. The van der Waals surface area contributed by atoms with Crippen molar-refractivity contribution < 1.29 is 4.79 Å². The summed E-state index contributed by atoms with van der Waals surface area (Å²) in [4.78, 5) is 17.0. The number of nitrogens with zero attached hydrogens (tertiary/aromatic N) is 1. The molecule has 2 rings (SSSR count). The Morgan fingerprint density at radius 2 is 2.25 bits per heavy atom. The summed E-state index contributed by atoms with van der Waals surface area (Å²) in [5, 5.41) is 2.90. The molecular weight excluding hydrogens is 222 g/mol. The third-order valence-corrected chi connectivity index (χ3v) is 3.88. The first-order valence-electron chi connectivity index (χ1n) is 5.65. The van der Waals surface area contributed by atoms with E-state index in [1.54, 1.807) is 23.0 Å². The van der Waals surface area contributed by atoms with Crippen LogP contribution in [0.4, 0.5) is 0 Å². The Kier molecular flexibility index (Phi) is 3.56. The minimum Gasteiger partial charge on any atom is -0.350 e. The number of nitrogens with two attached hydrogens (primary N) is 1. The second-order valence-corrected chi connectivity index (χ2v) is 5.34. The van der Waals surface area contributed by atoms with Crippen LogP contribution in [0.15, 0.2) is 11.7 Å². The van der Waals surface area contributed by atoms with Gasteiger partial charge in [-0.25, -0.2) is 0 Å². The number of nitrogens with one attached hydrogen (secondary N) is 1. The van der Waals surface area contributed by atoms with Gasteiger partial charge in [0.1, 0.15) is 0 Å². The smallest absolute Gasteiger partial charge is 0.240 e. The molecule has 1 aromatic heterocycles. The maximum Gasteiger partial charge on any atom is 0.240 e. The van der Waals surface area contributed by atoms with Gasteiger partial charge in [-0.2, -0.15) is 0 Å². The van der Waals surface area contributed by atoms with Crippen molar-refractivity contribution >= 4 is 17.2 Å². The van der Waals surface area contributed by atoms with E-state index in [9.17, 15) is 4.79 Å². The van der Waals surface area contributed by atoms with Crippen LogP contribution in [-0.4, -0.2) is 16.4 Å². The summed E-state index contributed by atoms with van der Waals surface area (Å²) in [5.41, 5.74) is 7.25. The third kappa shape index (κ3) is 2.59. The first kappa shape index (κ1) is 11.5. The highest BCUT2D eigenvalue weighted by molar-refractivity contribution is 7.09. The molecule has 0 bridgehead atoms. The molecule has 0 aliphatic heterocycles. The van der Waals surface area contributed by atoms with E-state index in [4.69, 9.17) is 5.73 Å². The van der Waals surface area contributed by atoms with Crippen molar-refractivity contribution in [2.45, 2.75) is 44.2 Å². The third-order valence-electron chi connectivity index (χ3n) is 3.10. The molecule has 1 aliphatic rings. The molecule has 0 spiro atoms. The molecule has 1 aromatic rings. The topological polar surface area (TPSA) is 68.0 Å². The highest BCUT2D eigenvalue weighted by Gasteiger charge is 2.34. The number of hydrogen-bond acceptors (Lipinski definition) is 4. The zero-order valence-electron chi connectivity index (χ0n) is 9.24. The first-order valence-corrected chi connectivity index (χ1v) is 6.53. The molecular formula is C11H17N3OS. The zero-order valence-corrected chi connectivity index (χ0v) is 10.1. The van der Waals surface area contributed by atoms with Crippen molar-refractivity contribution in [2.75, 3.05) is 0 Å². The van der Waals surface area contributed by atoms with Crippen LogP contribution in [0.25, 0.3) is 0 Å². The molecule has 0 saturated heterocycles. The van der Waals surface area contributed by atoms with Crippen molar-refractivity contribution in [3.63, 3.8) is 0 Å². The second kappa shape index (κ2) is 4.93. The number of rotatable bonds is 3. The number of hydrogen-bond donors (Lipinski definition) is 2. The monoisotopic (exact) mass is 239 g/mol. The number of aromatic nitrogens is 1. The van der Waals surface area contributed by atoms with E-state index in [-0.39, 0.29) is 5.91 Å². The molecule has 0 atom stereocenters. The van der Waals surface area contributed by atoms with Gasteiger partial charge in [0.15, 0.2) is 0 Å². The van der Waals surface area contributed by atoms with E-state index >= 15 is 0 Å². The minimum atomic E-state index is -0.636. The predicted octanol–water partition coefficient (Wildman–Crippen LogP) is 1.42. The molecule has 1 amide bonds. The van der Waals surface area contributed by atoms with E-state index in [1.807, 2.05) is 0 Å². The Bertz CT molecular complexity index is 344. The van der Waals surface area contributed by atoms with Crippen LogP contribution in [0, 0.1) is 0 Å². The van der Waals surface area contributed by atoms with E-state index in [2.05, 4.69) is 10.3 Å². The Morgan fingerprint density at radius 3 is 2.88 bits per heavy atom. The van der Waals surface area contributed by atoms with Gasteiger partial charge in [-0.1, -0.05) is 19.3 Å².